The molecule has 0 bridgehead atoms. The first kappa shape index (κ1) is 13.0. The Hall–Kier alpha value is -1.48. The van der Waals surface area contributed by atoms with Gasteiger partial charge in [-0.3, -0.25) is 10.1 Å². The second-order valence-electron chi connectivity index (χ2n) is 4.14. The fourth-order valence-corrected chi connectivity index (χ4v) is 3.18. The van der Waals surface area contributed by atoms with Gasteiger partial charge in [-0.15, -0.1) is 5.10 Å². The van der Waals surface area contributed by atoms with Crippen LogP contribution >= 0.6 is 0 Å². The molecule has 18 heavy (non-hydrogen) atoms. The highest BCUT2D eigenvalue weighted by Crippen LogP contribution is 2.08. The summed E-state index contributed by atoms with van der Waals surface area (Å²) in [6.07, 6.45) is 0.0562. The average Bonchev–Trinajstić information content (AvgIpc) is 2.62. The zero-order valence-corrected chi connectivity index (χ0v) is 10.7. The highest BCUT2D eigenvalue weighted by molar-refractivity contribution is 7.91. The van der Waals surface area contributed by atoms with Crippen LogP contribution in [0.4, 0.5) is 6.01 Å². The Morgan fingerprint density at radius 1 is 1.56 bits per heavy atom. The fourth-order valence-electron chi connectivity index (χ4n) is 1.74. The summed E-state index contributed by atoms with van der Waals surface area (Å²) in [5.74, 6) is 0.0916. The number of hydrogen-bond donors (Lipinski definition) is 2. The predicted molar refractivity (Wildman–Crippen MR) is 62.7 cm³/mol. The molecule has 0 saturated carbocycles. The molecule has 1 aromatic rings. The Kier molecular flexibility index (Phi) is 3.62. The molecule has 0 radical (unpaired) electrons. The van der Waals surface area contributed by atoms with Gasteiger partial charge in [-0.1, -0.05) is 5.10 Å². The van der Waals surface area contributed by atoms with E-state index in [2.05, 4.69) is 20.8 Å². The number of aryl methyl sites for hydroxylation is 1. The number of rotatable bonds is 3. The standard InChI is InChI=1S/C9H14N4O4S/c1-6-12-13-9(17-6)11-8(14)4-7-5-18(15,16)3-2-10-7/h7,10H,2-5H2,1H3,(H,11,13,14). The molecule has 1 aliphatic heterocycles. The quantitative estimate of drug-likeness (QED) is 0.733. The summed E-state index contributed by atoms with van der Waals surface area (Å²) < 4.78 is 27.8. The molecule has 1 unspecified atom stereocenters. The SMILES string of the molecule is Cc1nnc(NC(=O)CC2CS(=O)(=O)CCN2)o1. The van der Waals surface area contributed by atoms with Gasteiger partial charge in [-0.05, 0) is 0 Å². The lowest BCUT2D eigenvalue weighted by atomic mass is 10.2. The maximum Gasteiger partial charge on any atom is 0.322 e. The molecule has 1 saturated heterocycles. The van der Waals surface area contributed by atoms with Crippen LogP contribution in [0.15, 0.2) is 4.42 Å². The Balaban J connectivity index is 1.88. The summed E-state index contributed by atoms with van der Waals surface area (Å²) in [5.41, 5.74) is 0. The number of sulfone groups is 1. The number of aromatic nitrogens is 2. The maximum atomic E-state index is 11.6. The topological polar surface area (TPSA) is 114 Å². The van der Waals surface area contributed by atoms with E-state index in [4.69, 9.17) is 4.42 Å². The minimum absolute atomic E-state index is 0.0242. The van der Waals surface area contributed by atoms with E-state index in [1.165, 1.54) is 0 Å². The monoisotopic (exact) mass is 274 g/mol. The van der Waals surface area contributed by atoms with Crippen molar-refractivity contribution in [3.05, 3.63) is 5.89 Å². The van der Waals surface area contributed by atoms with Crippen LogP contribution in [-0.4, -0.2) is 48.6 Å². The minimum Gasteiger partial charge on any atom is -0.408 e. The number of carbonyl (C=O) groups excluding carboxylic acids is 1. The van der Waals surface area contributed by atoms with Crippen molar-refractivity contribution in [2.75, 3.05) is 23.4 Å². The van der Waals surface area contributed by atoms with E-state index >= 15 is 0 Å². The average molecular weight is 274 g/mol. The molecular weight excluding hydrogens is 260 g/mol. The van der Waals surface area contributed by atoms with Crippen molar-refractivity contribution in [3.8, 4) is 0 Å². The zero-order chi connectivity index (χ0) is 13.2. The van der Waals surface area contributed by atoms with Gasteiger partial charge in [0.15, 0.2) is 9.84 Å². The van der Waals surface area contributed by atoms with Crippen molar-refractivity contribution >= 4 is 21.8 Å². The molecule has 1 atom stereocenters. The van der Waals surface area contributed by atoms with Crippen molar-refractivity contribution in [2.45, 2.75) is 19.4 Å². The first-order chi connectivity index (χ1) is 8.44. The van der Waals surface area contributed by atoms with Crippen LogP contribution in [-0.2, 0) is 14.6 Å². The number of nitrogens with zero attached hydrogens (tertiary/aromatic N) is 2. The van der Waals surface area contributed by atoms with Crippen molar-refractivity contribution in [3.63, 3.8) is 0 Å². The van der Waals surface area contributed by atoms with Crippen molar-refractivity contribution in [1.29, 1.82) is 0 Å². The second-order valence-corrected chi connectivity index (χ2v) is 6.37. The van der Waals surface area contributed by atoms with Crippen LogP contribution in [0.3, 0.4) is 0 Å². The summed E-state index contributed by atoms with van der Waals surface area (Å²) in [6.45, 7) is 1.98. The molecule has 2 N–H and O–H groups in total. The molecule has 1 aliphatic rings. The molecule has 0 aliphatic carbocycles. The summed E-state index contributed by atoms with van der Waals surface area (Å²) >= 11 is 0. The number of nitrogens with one attached hydrogen (secondary N) is 2. The third kappa shape index (κ3) is 3.50. The van der Waals surface area contributed by atoms with Gasteiger partial charge >= 0.3 is 6.01 Å². The lowest BCUT2D eigenvalue weighted by Gasteiger charge is -2.22. The van der Waals surface area contributed by atoms with Gasteiger partial charge in [0.2, 0.25) is 11.8 Å². The van der Waals surface area contributed by atoms with Crippen LogP contribution in [0.1, 0.15) is 12.3 Å². The lowest BCUT2D eigenvalue weighted by Crippen LogP contribution is -2.46. The largest absolute Gasteiger partial charge is 0.408 e. The molecule has 1 amide bonds. The van der Waals surface area contributed by atoms with Crippen molar-refractivity contribution in [1.82, 2.24) is 15.5 Å². The van der Waals surface area contributed by atoms with Gasteiger partial charge in [0.25, 0.3) is 0 Å². The number of carbonyl (C=O) groups is 1. The smallest absolute Gasteiger partial charge is 0.322 e. The van der Waals surface area contributed by atoms with Gasteiger partial charge in [-0.2, -0.15) is 0 Å². The first-order valence-corrected chi connectivity index (χ1v) is 7.30. The molecule has 8 nitrogen and oxygen atoms in total. The van der Waals surface area contributed by atoms with Crippen molar-refractivity contribution < 1.29 is 17.6 Å². The summed E-state index contributed by atoms with van der Waals surface area (Å²) in [5, 5.41) is 12.6. The van der Waals surface area contributed by atoms with Gasteiger partial charge in [-0.25, -0.2) is 8.42 Å². The third-order valence-corrected chi connectivity index (χ3v) is 4.24. The Bertz CT molecular complexity index is 539. The molecular formula is C9H14N4O4S. The minimum atomic E-state index is -3.04. The van der Waals surface area contributed by atoms with E-state index in [1.807, 2.05) is 0 Å². The fraction of sp³-hybridized carbons (Fsp3) is 0.667. The molecule has 0 aromatic carbocycles. The molecule has 1 fully saturated rings. The van der Waals surface area contributed by atoms with Gasteiger partial charge in [0, 0.05) is 25.9 Å². The molecule has 9 heteroatoms. The molecule has 2 rings (SSSR count). The van der Waals surface area contributed by atoms with Gasteiger partial charge in [0.1, 0.15) is 0 Å². The Morgan fingerprint density at radius 3 is 2.94 bits per heavy atom. The Labute approximate surface area is 104 Å². The number of hydrogen-bond acceptors (Lipinski definition) is 7. The van der Waals surface area contributed by atoms with Crippen molar-refractivity contribution in [2.24, 2.45) is 0 Å². The van der Waals surface area contributed by atoms with Crippen LogP contribution in [0.5, 0.6) is 0 Å². The van der Waals surface area contributed by atoms with Crippen LogP contribution in [0, 0.1) is 6.92 Å². The molecule has 0 spiro atoms. The maximum absolute atomic E-state index is 11.6. The third-order valence-electron chi connectivity index (χ3n) is 2.51. The van der Waals surface area contributed by atoms with E-state index in [1.54, 1.807) is 6.92 Å². The second kappa shape index (κ2) is 5.02. The lowest BCUT2D eigenvalue weighted by molar-refractivity contribution is -0.116. The first-order valence-electron chi connectivity index (χ1n) is 5.48. The van der Waals surface area contributed by atoms with Gasteiger partial charge < -0.3 is 9.73 Å². The number of amides is 1. The van der Waals surface area contributed by atoms with E-state index in [9.17, 15) is 13.2 Å². The summed E-state index contributed by atoms with van der Waals surface area (Å²) in [6, 6.07) is -0.344. The molecule has 100 valence electrons. The summed E-state index contributed by atoms with van der Waals surface area (Å²) in [4.78, 5) is 11.6. The van der Waals surface area contributed by atoms with Crippen LogP contribution in [0.2, 0.25) is 0 Å². The summed E-state index contributed by atoms with van der Waals surface area (Å²) in [7, 11) is -3.04. The van der Waals surface area contributed by atoms with Crippen LogP contribution in [0.25, 0.3) is 0 Å². The molecule has 2 heterocycles. The van der Waals surface area contributed by atoms with E-state index in [-0.39, 0.29) is 35.9 Å². The highest BCUT2D eigenvalue weighted by atomic mass is 32.2. The Morgan fingerprint density at radius 2 is 2.33 bits per heavy atom. The van der Waals surface area contributed by atoms with E-state index in [0.29, 0.717) is 12.4 Å². The van der Waals surface area contributed by atoms with E-state index < -0.39 is 9.84 Å². The van der Waals surface area contributed by atoms with Gasteiger partial charge in [0.05, 0.1) is 11.5 Å². The number of anilines is 1. The highest BCUT2D eigenvalue weighted by Gasteiger charge is 2.26. The molecule has 1 aromatic heterocycles. The van der Waals surface area contributed by atoms with Crippen LogP contribution < -0.4 is 10.6 Å². The predicted octanol–water partition coefficient (Wildman–Crippen LogP) is -0.907. The van der Waals surface area contributed by atoms with E-state index in [0.717, 1.165) is 0 Å². The zero-order valence-electron chi connectivity index (χ0n) is 9.84. The normalized spacial score (nSPS) is 22.6.